The molecule has 2 aliphatic rings. The molecule has 0 aliphatic heterocycles. The van der Waals surface area contributed by atoms with Gasteiger partial charge in [0.15, 0.2) is 0 Å². The number of nitrogens with two attached hydrogens (primary N) is 1. The minimum absolute atomic E-state index is 0. The van der Waals surface area contributed by atoms with Crippen LogP contribution in [0.2, 0.25) is 0 Å². The number of hydrogen-bond acceptors (Lipinski definition) is 3. The number of pyridine rings is 1. The van der Waals surface area contributed by atoms with Crippen molar-refractivity contribution < 1.29 is 14.3 Å². The van der Waals surface area contributed by atoms with Crippen LogP contribution in [0, 0.1) is 5.82 Å². The summed E-state index contributed by atoms with van der Waals surface area (Å²) < 4.78 is 16.5. The van der Waals surface area contributed by atoms with Crippen molar-refractivity contribution >= 4 is 29.3 Å². The second-order valence-corrected chi connectivity index (χ2v) is 6.98. The first-order valence-electron chi connectivity index (χ1n) is 8.33. The summed E-state index contributed by atoms with van der Waals surface area (Å²) in [5.41, 5.74) is 6.24. The number of carboxylic acids is 1. The van der Waals surface area contributed by atoms with E-state index >= 15 is 0 Å². The van der Waals surface area contributed by atoms with Gasteiger partial charge in [-0.3, -0.25) is 4.79 Å². The Labute approximate surface area is 150 Å². The fourth-order valence-electron chi connectivity index (χ4n) is 3.80. The Bertz CT molecular complexity index is 907. The normalized spacial score (nSPS) is 22.8. The van der Waals surface area contributed by atoms with E-state index in [0.717, 1.165) is 32.1 Å². The maximum absolute atomic E-state index is 14.6. The molecule has 1 aromatic heterocycles. The smallest absolute Gasteiger partial charge is 0.341 e. The third kappa shape index (κ3) is 3.04. The van der Waals surface area contributed by atoms with Gasteiger partial charge in [0.25, 0.3) is 0 Å². The lowest BCUT2D eigenvalue weighted by Gasteiger charge is -2.16. The second-order valence-electron chi connectivity index (χ2n) is 6.98. The number of halogens is 2. The van der Waals surface area contributed by atoms with Gasteiger partial charge in [-0.05, 0) is 55.7 Å². The zero-order chi connectivity index (χ0) is 17.0. The van der Waals surface area contributed by atoms with Crippen LogP contribution in [-0.2, 0) is 0 Å². The van der Waals surface area contributed by atoms with Crippen LogP contribution in [0.1, 0.15) is 60.0 Å². The number of carbonyl (C=O) groups is 1. The summed E-state index contributed by atoms with van der Waals surface area (Å²) in [6.07, 6.45) is 5.74. The van der Waals surface area contributed by atoms with Gasteiger partial charge in [0, 0.05) is 23.7 Å². The molecular formula is C18H20ClFN2O3. The van der Waals surface area contributed by atoms with E-state index in [4.69, 9.17) is 5.73 Å². The Morgan fingerprint density at radius 1 is 1.24 bits per heavy atom. The second kappa shape index (κ2) is 6.42. The summed E-state index contributed by atoms with van der Waals surface area (Å²) in [5.74, 6) is -1.66. The third-order valence-corrected chi connectivity index (χ3v) is 5.23. The van der Waals surface area contributed by atoms with Gasteiger partial charge in [0.2, 0.25) is 5.43 Å². The largest absolute Gasteiger partial charge is 0.477 e. The monoisotopic (exact) mass is 366 g/mol. The number of rotatable bonds is 3. The van der Waals surface area contributed by atoms with Crippen LogP contribution < -0.4 is 11.2 Å². The van der Waals surface area contributed by atoms with Crippen LogP contribution in [0.3, 0.4) is 0 Å². The van der Waals surface area contributed by atoms with Crippen LogP contribution >= 0.6 is 12.4 Å². The van der Waals surface area contributed by atoms with Gasteiger partial charge in [-0.25, -0.2) is 9.18 Å². The van der Waals surface area contributed by atoms with Gasteiger partial charge in [-0.15, -0.1) is 12.4 Å². The summed E-state index contributed by atoms with van der Waals surface area (Å²) >= 11 is 0. The Morgan fingerprint density at radius 2 is 1.96 bits per heavy atom. The van der Waals surface area contributed by atoms with E-state index in [-0.39, 0.29) is 41.4 Å². The van der Waals surface area contributed by atoms with Gasteiger partial charge >= 0.3 is 5.97 Å². The lowest BCUT2D eigenvalue weighted by atomic mass is 9.95. The van der Waals surface area contributed by atoms with Crippen molar-refractivity contribution in [2.45, 2.75) is 50.1 Å². The number of hydrogen-bond donors (Lipinski definition) is 2. The Hall–Kier alpha value is -1.92. The number of aromatic carboxylic acids is 1. The number of nitrogens with zero attached hydrogens (tertiary/aromatic N) is 1. The fourth-order valence-corrected chi connectivity index (χ4v) is 3.80. The third-order valence-electron chi connectivity index (χ3n) is 5.23. The summed E-state index contributed by atoms with van der Waals surface area (Å²) in [4.78, 5) is 23.8. The molecule has 1 heterocycles. The molecule has 1 aromatic carbocycles. The number of fused-ring (bicyclic) bond motifs is 1. The molecule has 5 nitrogen and oxygen atoms in total. The quantitative estimate of drug-likeness (QED) is 0.873. The summed E-state index contributed by atoms with van der Waals surface area (Å²) in [7, 11) is 0. The van der Waals surface area contributed by atoms with Gasteiger partial charge < -0.3 is 15.4 Å². The highest BCUT2D eigenvalue weighted by Gasteiger charge is 2.30. The minimum Gasteiger partial charge on any atom is -0.477 e. The van der Waals surface area contributed by atoms with E-state index in [1.165, 1.54) is 12.3 Å². The summed E-state index contributed by atoms with van der Waals surface area (Å²) in [6, 6.07) is 3.22. The molecule has 0 amide bonds. The van der Waals surface area contributed by atoms with Crippen molar-refractivity contribution in [2.75, 3.05) is 0 Å². The van der Waals surface area contributed by atoms with E-state index < -0.39 is 17.2 Å². The van der Waals surface area contributed by atoms with Crippen LogP contribution in [-0.4, -0.2) is 21.7 Å². The van der Waals surface area contributed by atoms with Crippen molar-refractivity contribution in [3.8, 4) is 0 Å². The average molecular weight is 367 g/mol. The lowest BCUT2D eigenvalue weighted by Crippen LogP contribution is -2.19. The van der Waals surface area contributed by atoms with Crippen LogP contribution in [0.25, 0.3) is 10.9 Å². The maximum Gasteiger partial charge on any atom is 0.341 e. The molecule has 0 radical (unpaired) electrons. The standard InChI is InChI=1S/C18H19FN2O3.ClH/c19-15-6-13-16(7-12(15)9-1-2-10(20)5-9)21(11-3-4-11)8-14(17(13)22)18(23)24;/h6-11H,1-5,20H2,(H,23,24);1H. The molecule has 3 N–H and O–H groups in total. The molecule has 2 fully saturated rings. The first-order valence-corrected chi connectivity index (χ1v) is 8.33. The first kappa shape index (κ1) is 17.9. The van der Waals surface area contributed by atoms with Crippen molar-refractivity contribution in [1.29, 1.82) is 0 Å². The topological polar surface area (TPSA) is 85.3 Å². The van der Waals surface area contributed by atoms with Crippen molar-refractivity contribution in [3.05, 3.63) is 45.5 Å². The van der Waals surface area contributed by atoms with Crippen molar-refractivity contribution in [2.24, 2.45) is 5.73 Å². The van der Waals surface area contributed by atoms with Gasteiger partial charge in [-0.1, -0.05) is 0 Å². The Kier molecular flexibility index (Phi) is 4.60. The molecule has 2 unspecified atom stereocenters. The molecule has 2 atom stereocenters. The van der Waals surface area contributed by atoms with Crippen molar-refractivity contribution in [3.63, 3.8) is 0 Å². The highest BCUT2D eigenvalue weighted by Crippen LogP contribution is 2.40. The minimum atomic E-state index is -1.28. The molecule has 2 saturated carbocycles. The maximum atomic E-state index is 14.6. The van der Waals surface area contributed by atoms with E-state index in [1.807, 2.05) is 4.57 Å². The molecule has 0 saturated heterocycles. The highest BCUT2D eigenvalue weighted by atomic mass is 35.5. The number of aromatic nitrogens is 1. The van der Waals surface area contributed by atoms with E-state index in [0.29, 0.717) is 11.1 Å². The van der Waals surface area contributed by atoms with Crippen LogP contribution in [0.15, 0.2) is 23.1 Å². The molecular weight excluding hydrogens is 347 g/mol. The first-order chi connectivity index (χ1) is 11.5. The molecule has 2 aromatic rings. The van der Waals surface area contributed by atoms with Gasteiger partial charge in [0.1, 0.15) is 11.4 Å². The summed E-state index contributed by atoms with van der Waals surface area (Å²) in [6.45, 7) is 0. The highest BCUT2D eigenvalue weighted by molar-refractivity contribution is 5.93. The number of benzene rings is 1. The molecule has 0 spiro atoms. The Balaban J connectivity index is 0.00000182. The van der Waals surface area contributed by atoms with Gasteiger partial charge in [0.05, 0.1) is 5.52 Å². The van der Waals surface area contributed by atoms with E-state index in [2.05, 4.69) is 0 Å². The van der Waals surface area contributed by atoms with Crippen LogP contribution in [0.4, 0.5) is 4.39 Å². The van der Waals surface area contributed by atoms with Gasteiger partial charge in [-0.2, -0.15) is 0 Å². The molecule has 2 aliphatic carbocycles. The zero-order valence-electron chi connectivity index (χ0n) is 13.6. The molecule has 4 rings (SSSR count). The van der Waals surface area contributed by atoms with E-state index in [1.54, 1.807) is 6.07 Å². The van der Waals surface area contributed by atoms with Crippen LogP contribution in [0.5, 0.6) is 0 Å². The SMILES string of the molecule is Cl.NC1CCC(c2cc3c(cc2F)c(=O)c(C(=O)O)cn3C2CC2)C1. The predicted molar refractivity (Wildman–Crippen MR) is 95.2 cm³/mol. The molecule has 134 valence electrons. The van der Waals surface area contributed by atoms with Crippen molar-refractivity contribution in [1.82, 2.24) is 4.57 Å². The molecule has 25 heavy (non-hydrogen) atoms. The molecule has 0 bridgehead atoms. The Morgan fingerprint density at radius 3 is 2.52 bits per heavy atom. The fraction of sp³-hybridized carbons (Fsp3) is 0.444. The number of carboxylic acid groups (broad SMARTS) is 1. The predicted octanol–water partition coefficient (Wildman–Crippen LogP) is 3.19. The summed E-state index contributed by atoms with van der Waals surface area (Å²) in [5, 5.41) is 9.40. The lowest BCUT2D eigenvalue weighted by molar-refractivity contribution is 0.0695. The van der Waals surface area contributed by atoms with E-state index in [9.17, 15) is 19.1 Å². The average Bonchev–Trinajstić information content (AvgIpc) is 3.28. The molecule has 7 heteroatoms. The zero-order valence-corrected chi connectivity index (χ0v) is 14.4.